The molecule has 0 heterocycles. The van der Waals surface area contributed by atoms with Crippen LogP contribution in [0.4, 0.5) is 0 Å². The van der Waals surface area contributed by atoms with E-state index in [1.54, 1.807) is 0 Å². The standard InChI is InChI=1S/C15H21NO/c1-15(8-7-12(16)10-15)11-3-2-4-14(9-11)17-13-5-6-13/h2-4,9,12-13H,5-8,10,16H2,1H3. The van der Waals surface area contributed by atoms with Crippen molar-refractivity contribution in [3.8, 4) is 5.75 Å². The van der Waals surface area contributed by atoms with Crippen molar-refractivity contribution in [3.63, 3.8) is 0 Å². The fraction of sp³-hybridized carbons (Fsp3) is 0.600. The summed E-state index contributed by atoms with van der Waals surface area (Å²) in [6, 6.07) is 8.99. The van der Waals surface area contributed by atoms with Crippen molar-refractivity contribution in [1.29, 1.82) is 0 Å². The molecule has 2 unspecified atom stereocenters. The van der Waals surface area contributed by atoms with Crippen molar-refractivity contribution in [3.05, 3.63) is 29.8 Å². The van der Waals surface area contributed by atoms with Gasteiger partial charge in [-0.15, -0.1) is 0 Å². The summed E-state index contributed by atoms with van der Waals surface area (Å²) < 4.78 is 5.87. The highest BCUT2D eigenvalue weighted by molar-refractivity contribution is 5.35. The fourth-order valence-corrected chi connectivity index (χ4v) is 2.87. The van der Waals surface area contributed by atoms with Crippen molar-refractivity contribution in [1.82, 2.24) is 0 Å². The molecule has 3 rings (SSSR count). The second-order valence-corrected chi connectivity index (χ2v) is 5.91. The highest BCUT2D eigenvalue weighted by atomic mass is 16.5. The third-order valence-corrected chi connectivity index (χ3v) is 4.14. The smallest absolute Gasteiger partial charge is 0.120 e. The molecule has 0 saturated heterocycles. The molecule has 92 valence electrons. The summed E-state index contributed by atoms with van der Waals surface area (Å²) in [4.78, 5) is 0. The average Bonchev–Trinajstić information content (AvgIpc) is 3.04. The molecular weight excluding hydrogens is 210 g/mol. The Morgan fingerprint density at radius 2 is 2.12 bits per heavy atom. The van der Waals surface area contributed by atoms with Crippen LogP contribution in [0.15, 0.2) is 24.3 Å². The van der Waals surface area contributed by atoms with Crippen molar-refractivity contribution < 1.29 is 4.74 Å². The molecule has 1 aromatic rings. The van der Waals surface area contributed by atoms with Gasteiger partial charge in [-0.1, -0.05) is 19.1 Å². The molecule has 2 fully saturated rings. The summed E-state index contributed by atoms with van der Waals surface area (Å²) >= 11 is 0. The van der Waals surface area contributed by atoms with Crippen LogP contribution in [0.1, 0.15) is 44.6 Å². The fourth-order valence-electron chi connectivity index (χ4n) is 2.87. The molecule has 2 nitrogen and oxygen atoms in total. The van der Waals surface area contributed by atoms with Crippen molar-refractivity contribution in [2.45, 2.75) is 56.6 Å². The molecule has 0 radical (unpaired) electrons. The summed E-state index contributed by atoms with van der Waals surface area (Å²) in [7, 11) is 0. The lowest BCUT2D eigenvalue weighted by molar-refractivity contribution is 0.302. The Hall–Kier alpha value is -1.02. The first-order valence-electron chi connectivity index (χ1n) is 6.68. The van der Waals surface area contributed by atoms with Gasteiger partial charge in [-0.2, -0.15) is 0 Å². The maximum Gasteiger partial charge on any atom is 0.120 e. The molecule has 2 aliphatic rings. The van der Waals surface area contributed by atoms with Crippen LogP contribution in [0.2, 0.25) is 0 Å². The SMILES string of the molecule is CC1(c2cccc(OC3CC3)c2)CCC(N)C1. The van der Waals surface area contributed by atoms with Crippen LogP contribution in [0, 0.1) is 0 Å². The Bertz CT molecular complexity index is 413. The molecule has 0 bridgehead atoms. The van der Waals surface area contributed by atoms with Crippen molar-refractivity contribution in [2.75, 3.05) is 0 Å². The van der Waals surface area contributed by atoms with E-state index in [-0.39, 0.29) is 5.41 Å². The van der Waals surface area contributed by atoms with Gasteiger partial charge in [0.2, 0.25) is 0 Å². The van der Waals surface area contributed by atoms with Gasteiger partial charge in [0.25, 0.3) is 0 Å². The third kappa shape index (κ3) is 2.32. The van der Waals surface area contributed by atoms with Crippen LogP contribution in [-0.2, 0) is 5.41 Å². The van der Waals surface area contributed by atoms with E-state index in [0.29, 0.717) is 12.1 Å². The van der Waals surface area contributed by atoms with Gasteiger partial charge in [-0.3, -0.25) is 0 Å². The number of benzene rings is 1. The minimum atomic E-state index is 0.252. The van der Waals surface area contributed by atoms with E-state index in [9.17, 15) is 0 Å². The van der Waals surface area contributed by atoms with Crippen molar-refractivity contribution in [2.24, 2.45) is 5.73 Å². The molecule has 0 amide bonds. The zero-order valence-electron chi connectivity index (χ0n) is 10.5. The number of hydrogen-bond donors (Lipinski definition) is 1. The number of nitrogens with two attached hydrogens (primary N) is 1. The van der Waals surface area contributed by atoms with E-state index in [0.717, 1.165) is 18.6 Å². The van der Waals surface area contributed by atoms with E-state index in [2.05, 4.69) is 31.2 Å². The molecule has 2 aliphatic carbocycles. The first-order chi connectivity index (χ1) is 8.16. The summed E-state index contributed by atoms with van der Waals surface area (Å²) in [6.45, 7) is 2.33. The summed E-state index contributed by atoms with van der Waals surface area (Å²) in [6.07, 6.45) is 6.34. The van der Waals surface area contributed by atoms with Gasteiger partial charge in [-0.05, 0) is 55.2 Å². The van der Waals surface area contributed by atoms with Gasteiger partial charge in [0.15, 0.2) is 0 Å². The molecule has 17 heavy (non-hydrogen) atoms. The molecule has 2 heteroatoms. The Morgan fingerprint density at radius 3 is 2.76 bits per heavy atom. The lowest BCUT2D eigenvalue weighted by Crippen LogP contribution is -2.22. The topological polar surface area (TPSA) is 35.2 Å². The van der Waals surface area contributed by atoms with Gasteiger partial charge >= 0.3 is 0 Å². The monoisotopic (exact) mass is 231 g/mol. The second kappa shape index (κ2) is 4.02. The largest absolute Gasteiger partial charge is 0.490 e. The Labute approximate surface area is 103 Å². The maximum atomic E-state index is 6.05. The Kier molecular flexibility index (Phi) is 2.62. The van der Waals surface area contributed by atoms with Gasteiger partial charge in [0, 0.05) is 6.04 Å². The minimum Gasteiger partial charge on any atom is -0.490 e. The van der Waals surface area contributed by atoms with Gasteiger partial charge in [-0.25, -0.2) is 0 Å². The van der Waals surface area contributed by atoms with Crippen LogP contribution in [0.5, 0.6) is 5.75 Å². The predicted octanol–water partition coefficient (Wildman–Crippen LogP) is 3.00. The van der Waals surface area contributed by atoms with E-state index < -0.39 is 0 Å². The normalized spacial score (nSPS) is 32.7. The van der Waals surface area contributed by atoms with Crippen LogP contribution < -0.4 is 10.5 Å². The molecule has 0 aromatic heterocycles. The van der Waals surface area contributed by atoms with E-state index >= 15 is 0 Å². The number of ether oxygens (including phenoxy) is 1. The predicted molar refractivity (Wildman–Crippen MR) is 69.3 cm³/mol. The summed E-state index contributed by atoms with van der Waals surface area (Å²) in [5.41, 5.74) is 7.69. The number of hydrogen-bond acceptors (Lipinski definition) is 2. The van der Waals surface area contributed by atoms with Crippen molar-refractivity contribution >= 4 is 0 Å². The molecule has 2 atom stereocenters. The number of rotatable bonds is 3. The molecule has 2 N–H and O–H groups in total. The highest BCUT2D eigenvalue weighted by Gasteiger charge is 2.35. The van der Waals surface area contributed by atoms with E-state index in [1.165, 1.54) is 24.8 Å². The first-order valence-corrected chi connectivity index (χ1v) is 6.68. The average molecular weight is 231 g/mol. The summed E-state index contributed by atoms with van der Waals surface area (Å²) in [5, 5.41) is 0. The van der Waals surface area contributed by atoms with Gasteiger partial charge < -0.3 is 10.5 Å². The highest BCUT2D eigenvalue weighted by Crippen LogP contribution is 2.41. The van der Waals surface area contributed by atoms with Crippen LogP contribution in [0.25, 0.3) is 0 Å². The van der Waals surface area contributed by atoms with Crippen LogP contribution in [0.3, 0.4) is 0 Å². The van der Waals surface area contributed by atoms with Crippen LogP contribution in [-0.4, -0.2) is 12.1 Å². The van der Waals surface area contributed by atoms with E-state index in [4.69, 9.17) is 10.5 Å². The molecular formula is C15H21NO. The zero-order chi connectivity index (χ0) is 11.9. The first kappa shape index (κ1) is 11.1. The Morgan fingerprint density at radius 1 is 1.29 bits per heavy atom. The molecule has 2 saturated carbocycles. The van der Waals surface area contributed by atoms with Crippen LogP contribution >= 0.6 is 0 Å². The summed E-state index contributed by atoms with van der Waals surface area (Å²) in [5.74, 6) is 1.03. The lowest BCUT2D eigenvalue weighted by Gasteiger charge is -2.25. The maximum absolute atomic E-state index is 6.05. The Balaban J connectivity index is 1.81. The quantitative estimate of drug-likeness (QED) is 0.868. The molecule has 0 spiro atoms. The van der Waals surface area contributed by atoms with E-state index in [1.807, 2.05) is 0 Å². The molecule has 0 aliphatic heterocycles. The van der Waals surface area contributed by atoms with Gasteiger partial charge in [0.1, 0.15) is 5.75 Å². The zero-order valence-corrected chi connectivity index (χ0v) is 10.5. The second-order valence-electron chi connectivity index (χ2n) is 5.91. The third-order valence-electron chi connectivity index (χ3n) is 4.14. The molecule has 1 aromatic carbocycles. The minimum absolute atomic E-state index is 0.252. The van der Waals surface area contributed by atoms with Gasteiger partial charge in [0.05, 0.1) is 6.10 Å². The lowest BCUT2D eigenvalue weighted by atomic mass is 9.81.